The summed E-state index contributed by atoms with van der Waals surface area (Å²) in [5.74, 6) is -0.799. The van der Waals surface area contributed by atoms with Gasteiger partial charge in [0.25, 0.3) is 5.91 Å². The van der Waals surface area contributed by atoms with Crippen LogP contribution in [0.5, 0.6) is 0 Å². The van der Waals surface area contributed by atoms with Gasteiger partial charge in [-0.05, 0) is 42.3 Å². The van der Waals surface area contributed by atoms with E-state index in [9.17, 15) is 18.0 Å². The van der Waals surface area contributed by atoms with Crippen molar-refractivity contribution in [1.29, 1.82) is 0 Å². The van der Waals surface area contributed by atoms with Gasteiger partial charge in [0.1, 0.15) is 0 Å². The number of halogens is 1. The quantitative estimate of drug-likeness (QED) is 0.759. The van der Waals surface area contributed by atoms with Crippen molar-refractivity contribution in [2.75, 3.05) is 19.9 Å². The number of carbonyl (C=O) groups excluding carboxylic acids is 2. The molecular weight excluding hydrogens is 378 g/mol. The molecule has 2 aromatic rings. The normalized spacial score (nSPS) is 11.0. The molecule has 1 amide bonds. The van der Waals surface area contributed by atoms with Crippen molar-refractivity contribution in [2.45, 2.75) is 11.3 Å². The number of sulfone groups is 1. The first kappa shape index (κ1) is 19.9. The topological polar surface area (TPSA) is 89.5 Å². The molecule has 0 unspecified atom stereocenters. The second kappa shape index (κ2) is 8.33. The molecule has 0 aliphatic carbocycles. The number of esters is 1. The first-order chi connectivity index (χ1) is 12.2. The number of methoxy groups -OCH3 is 1. The molecule has 2 rings (SSSR count). The van der Waals surface area contributed by atoms with E-state index >= 15 is 0 Å². The van der Waals surface area contributed by atoms with Crippen LogP contribution in [0.4, 0.5) is 0 Å². The summed E-state index contributed by atoms with van der Waals surface area (Å²) in [6.07, 6.45) is 1.59. The number of hydrogen-bond acceptors (Lipinski definition) is 5. The highest BCUT2D eigenvalue weighted by Gasteiger charge is 2.15. The van der Waals surface area contributed by atoms with Crippen LogP contribution in [0.25, 0.3) is 0 Å². The van der Waals surface area contributed by atoms with Crippen molar-refractivity contribution in [3.63, 3.8) is 0 Å². The van der Waals surface area contributed by atoms with Crippen molar-refractivity contribution in [2.24, 2.45) is 0 Å². The summed E-state index contributed by atoms with van der Waals surface area (Å²) in [4.78, 5) is 23.5. The third-order valence-corrected chi connectivity index (χ3v) is 5.25. The zero-order valence-corrected chi connectivity index (χ0v) is 15.9. The van der Waals surface area contributed by atoms with Gasteiger partial charge in [-0.1, -0.05) is 23.7 Å². The summed E-state index contributed by atoms with van der Waals surface area (Å²) in [7, 11) is -2.20. The average Bonchev–Trinajstić information content (AvgIpc) is 2.61. The Morgan fingerprint density at radius 1 is 1.08 bits per heavy atom. The smallest absolute Gasteiger partial charge is 0.337 e. The van der Waals surface area contributed by atoms with E-state index in [1.165, 1.54) is 25.3 Å². The van der Waals surface area contributed by atoms with E-state index in [2.05, 4.69) is 10.1 Å². The van der Waals surface area contributed by atoms with Crippen molar-refractivity contribution in [3.8, 4) is 0 Å². The second-order valence-corrected chi connectivity index (χ2v) is 8.00. The van der Waals surface area contributed by atoms with Crippen LogP contribution in [-0.2, 0) is 21.0 Å². The minimum Gasteiger partial charge on any atom is -0.465 e. The molecule has 138 valence electrons. The third-order valence-electron chi connectivity index (χ3n) is 3.67. The Bertz CT molecular complexity index is 923. The number of rotatable bonds is 6. The molecule has 8 heteroatoms. The Balaban J connectivity index is 1.98. The Labute approximate surface area is 157 Å². The van der Waals surface area contributed by atoms with Gasteiger partial charge in [-0.3, -0.25) is 4.79 Å². The lowest BCUT2D eigenvalue weighted by molar-refractivity contribution is 0.0600. The Hall–Kier alpha value is -2.38. The van der Waals surface area contributed by atoms with Gasteiger partial charge in [0, 0.05) is 18.4 Å². The molecule has 0 aliphatic rings. The lowest BCUT2D eigenvalue weighted by atomic mass is 10.1. The highest BCUT2D eigenvalue weighted by Crippen LogP contribution is 2.22. The highest BCUT2D eigenvalue weighted by molar-refractivity contribution is 7.90. The van der Waals surface area contributed by atoms with Crippen LogP contribution >= 0.6 is 11.6 Å². The van der Waals surface area contributed by atoms with E-state index in [4.69, 9.17) is 11.6 Å². The molecule has 0 radical (unpaired) electrons. The van der Waals surface area contributed by atoms with Crippen molar-refractivity contribution in [1.82, 2.24) is 5.32 Å². The van der Waals surface area contributed by atoms with Gasteiger partial charge in [0.05, 0.1) is 22.6 Å². The van der Waals surface area contributed by atoms with E-state index in [0.29, 0.717) is 18.5 Å². The highest BCUT2D eigenvalue weighted by atomic mass is 35.5. The molecule has 0 fully saturated rings. The van der Waals surface area contributed by atoms with E-state index < -0.39 is 21.7 Å². The number of ether oxygens (including phenoxy) is 1. The standard InChI is InChI=1S/C18H18ClNO5S/c1-25-18(22)13-5-3-12(4-6-13)9-10-20-17(21)14-7-8-15(19)16(11-14)26(2,23)24/h3-8,11H,9-10H2,1-2H3,(H,20,21). The van der Waals surface area contributed by atoms with Gasteiger partial charge < -0.3 is 10.1 Å². The molecule has 1 N–H and O–H groups in total. The molecular formula is C18H18ClNO5S. The summed E-state index contributed by atoms with van der Waals surface area (Å²) >= 11 is 5.87. The average molecular weight is 396 g/mol. The van der Waals surface area contributed by atoms with Crippen LogP contribution in [-0.4, -0.2) is 40.2 Å². The van der Waals surface area contributed by atoms with Crippen LogP contribution in [0.15, 0.2) is 47.4 Å². The molecule has 26 heavy (non-hydrogen) atoms. The number of carbonyl (C=O) groups is 2. The zero-order chi connectivity index (χ0) is 19.3. The molecule has 0 atom stereocenters. The van der Waals surface area contributed by atoms with Crippen molar-refractivity contribution >= 4 is 33.3 Å². The third kappa shape index (κ3) is 5.06. The SMILES string of the molecule is COC(=O)c1ccc(CCNC(=O)c2ccc(Cl)c(S(C)(=O)=O)c2)cc1. The molecule has 0 aliphatic heterocycles. The maximum Gasteiger partial charge on any atom is 0.337 e. The lowest BCUT2D eigenvalue weighted by Crippen LogP contribution is -2.25. The molecule has 0 saturated heterocycles. The second-order valence-electron chi connectivity index (χ2n) is 5.61. The van der Waals surface area contributed by atoms with Crippen LogP contribution in [0.1, 0.15) is 26.3 Å². The predicted octanol–water partition coefficient (Wildman–Crippen LogP) is 2.50. The maximum absolute atomic E-state index is 12.2. The Morgan fingerprint density at radius 2 is 1.69 bits per heavy atom. The fraction of sp³-hybridized carbons (Fsp3) is 0.222. The van der Waals surface area contributed by atoms with Gasteiger partial charge >= 0.3 is 5.97 Å². The first-order valence-electron chi connectivity index (χ1n) is 7.67. The molecule has 0 bridgehead atoms. The van der Waals surface area contributed by atoms with Crippen LogP contribution in [0, 0.1) is 0 Å². The number of nitrogens with one attached hydrogen (secondary N) is 1. The molecule has 0 aromatic heterocycles. The molecule has 6 nitrogen and oxygen atoms in total. The van der Waals surface area contributed by atoms with E-state index in [-0.39, 0.29) is 15.5 Å². The maximum atomic E-state index is 12.2. The van der Waals surface area contributed by atoms with Crippen LogP contribution in [0.2, 0.25) is 5.02 Å². The van der Waals surface area contributed by atoms with Crippen LogP contribution < -0.4 is 5.32 Å². The minimum absolute atomic E-state index is 0.0785. The van der Waals surface area contributed by atoms with Gasteiger partial charge in [-0.15, -0.1) is 0 Å². The summed E-state index contributed by atoms with van der Waals surface area (Å²) in [5.41, 5.74) is 1.61. The van der Waals surface area contributed by atoms with E-state index in [1.54, 1.807) is 24.3 Å². The minimum atomic E-state index is -3.52. The van der Waals surface area contributed by atoms with Gasteiger partial charge in [0.15, 0.2) is 9.84 Å². The first-order valence-corrected chi connectivity index (χ1v) is 9.94. The zero-order valence-electron chi connectivity index (χ0n) is 14.3. The fourth-order valence-electron chi connectivity index (χ4n) is 2.28. The van der Waals surface area contributed by atoms with Gasteiger partial charge in [-0.25, -0.2) is 13.2 Å². The molecule has 0 heterocycles. The van der Waals surface area contributed by atoms with E-state index in [0.717, 1.165) is 11.8 Å². The largest absolute Gasteiger partial charge is 0.465 e. The summed E-state index contributed by atoms with van der Waals surface area (Å²) in [6, 6.07) is 11.0. The summed E-state index contributed by atoms with van der Waals surface area (Å²) < 4.78 is 28.0. The monoisotopic (exact) mass is 395 g/mol. The van der Waals surface area contributed by atoms with Crippen molar-refractivity contribution in [3.05, 3.63) is 64.2 Å². The summed E-state index contributed by atoms with van der Waals surface area (Å²) in [6.45, 7) is 0.354. The van der Waals surface area contributed by atoms with Crippen molar-refractivity contribution < 1.29 is 22.7 Å². The Morgan fingerprint density at radius 3 is 2.27 bits per heavy atom. The fourth-order valence-corrected chi connectivity index (χ4v) is 3.58. The summed E-state index contributed by atoms with van der Waals surface area (Å²) in [5, 5.41) is 2.80. The Kier molecular flexibility index (Phi) is 6.39. The number of benzene rings is 2. The number of amides is 1. The lowest BCUT2D eigenvalue weighted by Gasteiger charge is -2.08. The number of hydrogen-bond donors (Lipinski definition) is 1. The molecule has 0 saturated carbocycles. The van der Waals surface area contributed by atoms with E-state index in [1.807, 2.05) is 0 Å². The van der Waals surface area contributed by atoms with Crippen LogP contribution in [0.3, 0.4) is 0 Å². The predicted molar refractivity (Wildman–Crippen MR) is 98.4 cm³/mol. The molecule has 2 aromatic carbocycles. The van der Waals surface area contributed by atoms with Gasteiger partial charge in [-0.2, -0.15) is 0 Å². The van der Waals surface area contributed by atoms with Gasteiger partial charge in [0.2, 0.25) is 0 Å². The molecule has 0 spiro atoms.